The van der Waals surface area contributed by atoms with Gasteiger partial charge in [0.05, 0.1) is 24.4 Å². The number of carbonyl (C=O) groups excluding carboxylic acids is 1. The van der Waals surface area contributed by atoms with Crippen LogP contribution >= 0.6 is 0 Å². The van der Waals surface area contributed by atoms with E-state index in [4.69, 9.17) is 21.8 Å². The first-order valence-electron chi connectivity index (χ1n) is 22.6. The summed E-state index contributed by atoms with van der Waals surface area (Å²) in [5.74, 6) is -0.540. The number of cyclic esters (lactones) is 1. The maximum Gasteiger partial charge on any atom is 0.397 e. The Bertz CT molecular complexity index is 1650. The summed E-state index contributed by atoms with van der Waals surface area (Å²) in [6.45, 7) is 1.56. The van der Waals surface area contributed by atoms with Gasteiger partial charge in [0, 0.05) is 18.9 Å². The van der Waals surface area contributed by atoms with Crippen molar-refractivity contribution in [3.63, 3.8) is 0 Å². The molecule has 0 bridgehead atoms. The second-order valence-corrected chi connectivity index (χ2v) is 20.8. The van der Waals surface area contributed by atoms with Gasteiger partial charge in [0.2, 0.25) is 0 Å². The highest BCUT2D eigenvalue weighted by Crippen LogP contribution is 2.24. The number of carbonyl (C=O) groups is 1. The van der Waals surface area contributed by atoms with Crippen LogP contribution < -0.4 is 0 Å². The van der Waals surface area contributed by atoms with Crippen LogP contribution in [-0.4, -0.2) is 88.4 Å². The predicted octanol–water partition coefficient (Wildman–Crippen LogP) is 9.33. The molecule has 0 aromatic heterocycles. The van der Waals surface area contributed by atoms with Crippen LogP contribution in [0.2, 0.25) is 0 Å². The largest absolute Gasteiger partial charge is 0.459 e. The van der Waals surface area contributed by atoms with Gasteiger partial charge in [-0.15, -0.1) is 0 Å². The minimum absolute atomic E-state index is 0.0776. The van der Waals surface area contributed by atoms with Crippen molar-refractivity contribution in [2.45, 2.75) is 236 Å². The molecule has 0 saturated heterocycles. The van der Waals surface area contributed by atoms with E-state index in [0.29, 0.717) is 57.8 Å². The number of ether oxygens (including phenoxy) is 1. The summed E-state index contributed by atoms with van der Waals surface area (Å²) in [6, 6.07) is 0. The van der Waals surface area contributed by atoms with E-state index >= 15 is 0 Å². The van der Waals surface area contributed by atoms with E-state index in [1.54, 1.807) is 13.0 Å². The lowest BCUT2D eigenvalue weighted by Gasteiger charge is -2.23. The summed E-state index contributed by atoms with van der Waals surface area (Å²) in [5.41, 5.74) is 0. The zero-order valence-corrected chi connectivity index (χ0v) is 39.9. The Hall–Kier alpha value is -1.31. The maximum absolute atomic E-state index is 12.9. The van der Waals surface area contributed by atoms with E-state index in [1.807, 2.05) is 0 Å². The van der Waals surface area contributed by atoms with Gasteiger partial charge in [-0.25, -0.2) is 21.5 Å². The third kappa shape index (κ3) is 39.1. The summed E-state index contributed by atoms with van der Waals surface area (Å²) >= 11 is 0. The number of hydrogen-bond acceptors (Lipinski definition) is 14. The average Bonchev–Trinajstić information content (AvgIpc) is 3.12. The maximum atomic E-state index is 12.9. The summed E-state index contributed by atoms with van der Waals surface area (Å²) in [5, 5.41) is 0. The molecule has 0 aliphatic carbocycles. The molecule has 5 atom stereocenters. The quantitative estimate of drug-likeness (QED) is 0.0636. The van der Waals surface area contributed by atoms with Gasteiger partial charge in [0.25, 0.3) is 0 Å². The zero-order valence-electron chi connectivity index (χ0n) is 36.6. The van der Waals surface area contributed by atoms with Gasteiger partial charge in [-0.3, -0.25) is 18.2 Å². The Morgan fingerprint density at radius 1 is 0.532 bits per heavy atom. The van der Waals surface area contributed by atoms with E-state index in [9.17, 15) is 52.1 Å². The summed E-state index contributed by atoms with van der Waals surface area (Å²) in [7, 11) is -18.9. The molecule has 5 unspecified atom stereocenters. The molecule has 18 nitrogen and oxygen atoms in total. The lowest BCUT2D eigenvalue weighted by molar-refractivity contribution is -0.144. The monoisotopic (exact) mass is 972 g/mol. The zero-order chi connectivity index (χ0) is 46.3. The topological polar surface area (TPSA) is 281 Å². The molecular weight excluding hydrogens is 897 g/mol. The second-order valence-electron chi connectivity index (χ2n) is 16.6. The van der Waals surface area contributed by atoms with E-state index in [0.717, 1.165) is 116 Å². The van der Waals surface area contributed by atoms with Gasteiger partial charge >= 0.3 is 47.6 Å². The molecule has 62 heavy (non-hydrogen) atoms. The van der Waals surface area contributed by atoms with E-state index < -0.39 is 78.1 Å². The van der Waals surface area contributed by atoms with Crippen molar-refractivity contribution < 1.29 is 78.1 Å². The van der Waals surface area contributed by atoms with Crippen molar-refractivity contribution in [1.29, 1.82) is 0 Å². The fourth-order valence-corrected chi connectivity index (χ4v) is 9.84. The van der Waals surface area contributed by atoms with Gasteiger partial charge in [-0.2, -0.15) is 33.7 Å². The van der Waals surface area contributed by atoms with E-state index in [-0.39, 0.29) is 25.7 Å². The minimum atomic E-state index is -4.82. The fraction of sp³-hybridized carbons (Fsp3) is 0.925. The molecule has 22 heteroatoms. The molecule has 1 heterocycles. The van der Waals surface area contributed by atoms with Crippen LogP contribution in [0.5, 0.6) is 0 Å². The second kappa shape index (κ2) is 33.2. The Morgan fingerprint density at radius 2 is 0.903 bits per heavy atom. The molecule has 0 amide bonds. The molecule has 0 radical (unpaired) electrons. The molecular formula is C40H76O18S4. The van der Waals surface area contributed by atoms with Gasteiger partial charge < -0.3 is 4.74 Å². The van der Waals surface area contributed by atoms with Gasteiger partial charge in [-0.05, 0) is 58.3 Å². The normalized spacial score (nSPS) is 24.8. The first-order valence-corrected chi connectivity index (χ1v) is 28.1. The third-order valence-corrected chi connectivity index (χ3v) is 12.9. The minimum Gasteiger partial charge on any atom is -0.459 e. The van der Waals surface area contributed by atoms with Crippen molar-refractivity contribution >= 4 is 47.6 Å². The van der Waals surface area contributed by atoms with Crippen LogP contribution in [0.4, 0.5) is 0 Å². The molecule has 368 valence electrons. The van der Waals surface area contributed by atoms with Gasteiger partial charge in [-0.1, -0.05) is 141 Å². The van der Waals surface area contributed by atoms with E-state index in [1.165, 1.54) is 6.08 Å². The average molecular weight is 973 g/mol. The number of rotatable bonds is 16. The van der Waals surface area contributed by atoms with Crippen LogP contribution in [0.25, 0.3) is 0 Å². The number of unbranched alkanes of at least 4 members (excludes halogenated alkanes) is 4. The molecule has 0 aromatic carbocycles. The Balaban J connectivity index is 2.88. The number of hydrogen-bond donors (Lipinski definition) is 4. The van der Waals surface area contributed by atoms with Crippen molar-refractivity contribution in [3.05, 3.63) is 12.2 Å². The van der Waals surface area contributed by atoms with Crippen LogP contribution in [0.1, 0.15) is 206 Å². The molecule has 0 spiro atoms. The van der Waals surface area contributed by atoms with Gasteiger partial charge in [0.15, 0.2) is 0 Å². The first kappa shape index (κ1) is 58.7. The smallest absolute Gasteiger partial charge is 0.397 e. The third-order valence-electron chi connectivity index (χ3n) is 10.7. The predicted molar refractivity (Wildman–Crippen MR) is 234 cm³/mol. The van der Waals surface area contributed by atoms with E-state index in [2.05, 4.69) is 4.18 Å². The number of esters is 1. The van der Waals surface area contributed by atoms with Crippen LogP contribution in [0.15, 0.2) is 12.2 Å². The Labute approximate surface area is 372 Å². The molecule has 0 aromatic rings. The van der Waals surface area contributed by atoms with Crippen molar-refractivity contribution in [2.24, 2.45) is 0 Å². The van der Waals surface area contributed by atoms with Crippen LogP contribution in [-0.2, 0) is 67.9 Å². The van der Waals surface area contributed by atoms with Crippen molar-refractivity contribution in [1.82, 2.24) is 0 Å². The van der Waals surface area contributed by atoms with Crippen molar-refractivity contribution in [3.8, 4) is 0 Å². The first-order chi connectivity index (χ1) is 29.1. The van der Waals surface area contributed by atoms with Crippen molar-refractivity contribution in [2.75, 3.05) is 0 Å². The molecule has 4 N–H and O–H groups in total. The molecule has 1 rings (SSSR count). The highest BCUT2D eigenvalue weighted by atomic mass is 32.3. The lowest BCUT2D eigenvalue weighted by atomic mass is 9.98. The Morgan fingerprint density at radius 3 is 1.32 bits per heavy atom. The SMILES string of the molecule is CC(CCCCCCCC1CC(OS(=O)(=O)O)CCCCCCCCCCCC(OS(=O)(=O)O)CC(OS(=O)(=O)O)CCCCCCCCCCC/C=C/C(=O)O1)OS(=O)(=O)O. The molecule has 0 fully saturated rings. The van der Waals surface area contributed by atoms with Gasteiger partial charge in [0.1, 0.15) is 6.10 Å². The highest BCUT2D eigenvalue weighted by molar-refractivity contribution is 7.81. The summed E-state index contributed by atoms with van der Waals surface area (Å²) < 4.78 is 154. The summed E-state index contributed by atoms with van der Waals surface area (Å²) in [6.07, 6.45) is 20.1. The van der Waals surface area contributed by atoms with Crippen LogP contribution in [0.3, 0.4) is 0 Å². The molecule has 1 aliphatic heterocycles. The molecule has 1 aliphatic rings. The lowest BCUT2D eigenvalue weighted by Crippen LogP contribution is -2.27. The summed E-state index contributed by atoms with van der Waals surface area (Å²) in [4.78, 5) is 12.9. The Kier molecular flexibility index (Phi) is 31.4. The van der Waals surface area contributed by atoms with Crippen LogP contribution in [0, 0.1) is 0 Å². The number of allylic oxidation sites excluding steroid dienone is 1. The standard InChI is InChI=1S/C40H76O18S4/c1-35(55-59(42,43)44)27-21-15-14-19-22-28-36-33-37(56-60(45,46)47)29-23-16-11-7-5-8-12-18-25-31-39(58-62(51,52)53)34-38(57-61(48,49)50)30-24-17-10-6-3-2-4-9-13-20-26-32-40(41)54-36/h26,32,35-39H,2-25,27-31,33-34H2,1H3,(H,42,43,44)(H,45,46,47)(H,48,49,50)(H,51,52,53)/b32-26+. The fourth-order valence-electron chi connectivity index (χ4n) is 7.77. The molecule has 0 saturated carbocycles. The highest BCUT2D eigenvalue weighted by Gasteiger charge is 2.26.